The van der Waals surface area contributed by atoms with Gasteiger partial charge < -0.3 is 14.9 Å². The average molecular weight is 424 g/mol. The van der Waals surface area contributed by atoms with Crippen molar-refractivity contribution in [3.8, 4) is 5.75 Å². The fourth-order valence-electron chi connectivity index (χ4n) is 2.46. The first-order valence-electron chi connectivity index (χ1n) is 8.74. The van der Waals surface area contributed by atoms with Crippen LogP contribution in [-0.4, -0.2) is 49.9 Å². The third kappa shape index (κ3) is 6.35. The largest absolute Gasteiger partial charge is 0.481 e. The molecule has 0 aliphatic carbocycles. The second kappa shape index (κ2) is 10.2. The van der Waals surface area contributed by atoms with Crippen molar-refractivity contribution in [2.24, 2.45) is 0 Å². The highest BCUT2D eigenvalue weighted by molar-refractivity contribution is 8.26. The zero-order valence-electron chi connectivity index (χ0n) is 15.3. The van der Waals surface area contributed by atoms with Gasteiger partial charge in [-0.3, -0.25) is 14.5 Å². The Morgan fingerprint density at radius 2 is 1.89 bits per heavy atom. The number of rotatable bonds is 10. The molecule has 0 spiro atoms. The molecular formula is C19H21NO6S2. The van der Waals surface area contributed by atoms with Gasteiger partial charge in [-0.25, -0.2) is 4.79 Å². The highest BCUT2D eigenvalue weighted by Gasteiger charge is 2.31. The van der Waals surface area contributed by atoms with Crippen LogP contribution >= 0.6 is 24.0 Å². The van der Waals surface area contributed by atoms with Crippen LogP contribution in [0.3, 0.4) is 0 Å². The van der Waals surface area contributed by atoms with E-state index in [0.29, 0.717) is 34.4 Å². The van der Waals surface area contributed by atoms with E-state index in [2.05, 4.69) is 0 Å². The van der Waals surface area contributed by atoms with E-state index < -0.39 is 18.0 Å². The fourth-order valence-corrected chi connectivity index (χ4v) is 3.77. The summed E-state index contributed by atoms with van der Waals surface area (Å²) < 4.78 is 5.77. The van der Waals surface area contributed by atoms with Gasteiger partial charge in [-0.05, 0) is 43.5 Å². The van der Waals surface area contributed by atoms with Crippen molar-refractivity contribution in [2.45, 2.75) is 38.7 Å². The number of carboxylic acid groups (broad SMARTS) is 2. The minimum atomic E-state index is -1.05. The molecule has 9 heteroatoms. The molecule has 2 rings (SSSR count). The Morgan fingerprint density at radius 3 is 2.50 bits per heavy atom. The summed E-state index contributed by atoms with van der Waals surface area (Å²) in [4.78, 5) is 35.9. The molecule has 0 aromatic heterocycles. The third-order valence-corrected chi connectivity index (χ3v) is 5.36. The SMILES string of the molecule is CC(Oc1ccc(/C=C2\SC(=S)N(CCCCCC(=O)O)C2=O)cc1)C(=O)O. The molecule has 0 radical (unpaired) electrons. The lowest BCUT2D eigenvalue weighted by Crippen LogP contribution is -2.29. The van der Waals surface area contributed by atoms with Gasteiger partial charge in [0, 0.05) is 13.0 Å². The summed E-state index contributed by atoms with van der Waals surface area (Å²) in [7, 11) is 0. The van der Waals surface area contributed by atoms with Crippen molar-refractivity contribution in [2.75, 3.05) is 6.54 Å². The normalized spacial score (nSPS) is 16.5. The van der Waals surface area contributed by atoms with Gasteiger partial charge in [0.15, 0.2) is 6.10 Å². The average Bonchev–Trinajstić information content (AvgIpc) is 2.89. The molecule has 0 saturated carbocycles. The van der Waals surface area contributed by atoms with Gasteiger partial charge in [0.05, 0.1) is 4.91 Å². The van der Waals surface area contributed by atoms with Gasteiger partial charge in [0.2, 0.25) is 0 Å². The quantitative estimate of drug-likeness (QED) is 0.335. The maximum Gasteiger partial charge on any atom is 0.344 e. The van der Waals surface area contributed by atoms with Crippen molar-refractivity contribution < 1.29 is 29.3 Å². The Balaban J connectivity index is 1.93. The number of carboxylic acids is 2. The molecule has 7 nitrogen and oxygen atoms in total. The van der Waals surface area contributed by atoms with Crippen LogP contribution in [0, 0.1) is 0 Å². The van der Waals surface area contributed by atoms with Crippen LogP contribution in [0.1, 0.15) is 38.2 Å². The summed E-state index contributed by atoms with van der Waals surface area (Å²) in [5, 5.41) is 17.5. The number of carbonyl (C=O) groups excluding carboxylic acids is 1. The first-order chi connectivity index (χ1) is 13.3. The predicted molar refractivity (Wildman–Crippen MR) is 110 cm³/mol. The molecule has 28 heavy (non-hydrogen) atoms. The molecule has 1 aliphatic heterocycles. The van der Waals surface area contributed by atoms with Crippen molar-refractivity contribution in [3.05, 3.63) is 34.7 Å². The number of ether oxygens (including phenoxy) is 1. The minimum absolute atomic E-state index is 0.128. The zero-order valence-corrected chi connectivity index (χ0v) is 16.9. The Hall–Kier alpha value is -2.39. The topological polar surface area (TPSA) is 104 Å². The van der Waals surface area contributed by atoms with Crippen LogP contribution in [-0.2, 0) is 14.4 Å². The molecule has 1 amide bonds. The van der Waals surface area contributed by atoms with Crippen LogP contribution in [0.4, 0.5) is 0 Å². The van der Waals surface area contributed by atoms with Gasteiger partial charge in [-0.1, -0.05) is 42.5 Å². The van der Waals surface area contributed by atoms with E-state index in [0.717, 1.165) is 12.0 Å². The maximum atomic E-state index is 12.5. The van der Waals surface area contributed by atoms with Crippen LogP contribution < -0.4 is 4.74 Å². The number of unbranched alkanes of at least 4 members (excludes halogenated alkanes) is 2. The molecule has 1 atom stereocenters. The van der Waals surface area contributed by atoms with E-state index in [4.69, 9.17) is 27.2 Å². The smallest absolute Gasteiger partial charge is 0.344 e. The Bertz CT molecular complexity index is 790. The summed E-state index contributed by atoms with van der Waals surface area (Å²) in [6.07, 6.45) is 2.91. The summed E-state index contributed by atoms with van der Waals surface area (Å²) in [6.45, 7) is 1.92. The van der Waals surface area contributed by atoms with Crippen LogP contribution in [0.15, 0.2) is 29.2 Å². The fraction of sp³-hybridized carbons (Fsp3) is 0.368. The number of hydrogen-bond acceptors (Lipinski definition) is 6. The van der Waals surface area contributed by atoms with Gasteiger partial charge in [-0.2, -0.15) is 0 Å². The van der Waals surface area contributed by atoms with Gasteiger partial charge in [-0.15, -0.1) is 0 Å². The van der Waals surface area contributed by atoms with E-state index in [1.807, 2.05) is 0 Å². The molecule has 1 aromatic rings. The van der Waals surface area contributed by atoms with E-state index in [-0.39, 0.29) is 12.3 Å². The monoisotopic (exact) mass is 423 g/mol. The minimum Gasteiger partial charge on any atom is -0.481 e. The first kappa shape index (κ1) is 21.9. The van der Waals surface area contributed by atoms with Crippen LogP contribution in [0.5, 0.6) is 5.75 Å². The summed E-state index contributed by atoms with van der Waals surface area (Å²) >= 11 is 6.51. The molecule has 1 unspecified atom stereocenters. The number of amides is 1. The molecule has 1 aliphatic rings. The number of thioether (sulfide) groups is 1. The van der Waals surface area contributed by atoms with Gasteiger partial charge in [0.25, 0.3) is 5.91 Å². The number of nitrogens with zero attached hydrogens (tertiary/aromatic N) is 1. The molecule has 1 heterocycles. The molecule has 1 aromatic carbocycles. The lowest BCUT2D eigenvalue weighted by atomic mass is 10.2. The standard InChI is InChI=1S/C19H21NO6S2/c1-12(18(24)25)26-14-8-6-13(7-9-14)11-15-17(23)20(19(27)28-15)10-4-2-3-5-16(21)22/h6-9,11-12H,2-5,10H2,1H3,(H,21,22)(H,24,25)/b15-11-. The Kier molecular flexibility index (Phi) is 8.01. The summed E-state index contributed by atoms with van der Waals surface area (Å²) in [5.74, 6) is -1.59. The number of benzene rings is 1. The summed E-state index contributed by atoms with van der Waals surface area (Å²) in [5.41, 5.74) is 0.775. The highest BCUT2D eigenvalue weighted by atomic mass is 32.2. The Labute approximate surface area is 172 Å². The molecule has 1 saturated heterocycles. The number of thiocarbonyl (C=S) groups is 1. The van der Waals surface area contributed by atoms with E-state index in [9.17, 15) is 14.4 Å². The lowest BCUT2D eigenvalue weighted by molar-refractivity contribution is -0.144. The van der Waals surface area contributed by atoms with Crippen molar-refractivity contribution in [3.63, 3.8) is 0 Å². The number of aliphatic carboxylic acids is 2. The van der Waals surface area contributed by atoms with Crippen molar-refractivity contribution >= 4 is 52.2 Å². The number of carbonyl (C=O) groups is 3. The molecule has 2 N–H and O–H groups in total. The second-order valence-corrected chi connectivity index (χ2v) is 7.88. The van der Waals surface area contributed by atoms with Crippen LogP contribution in [0.25, 0.3) is 6.08 Å². The van der Waals surface area contributed by atoms with Gasteiger partial charge in [0.1, 0.15) is 10.1 Å². The lowest BCUT2D eigenvalue weighted by Gasteiger charge is -2.13. The molecule has 150 valence electrons. The first-order valence-corrected chi connectivity index (χ1v) is 9.97. The highest BCUT2D eigenvalue weighted by Crippen LogP contribution is 2.33. The predicted octanol–water partition coefficient (Wildman–Crippen LogP) is 3.38. The maximum absolute atomic E-state index is 12.5. The van der Waals surface area contributed by atoms with E-state index in [1.54, 1.807) is 35.2 Å². The second-order valence-electron chi connectivity index (χ2n) is 6.21. The van der Waals surface area contributed by atoms with Crippen molar-refractivity contribution in [1.82, 2.24) is 4.90 Å². The number of hydrogen-bond donors (Lipinski definition) is 2. The molecular weight excluding hydrogens is 402 g/mol. The third-order valence-electron chi connectivity index (χ3n) is 3.98. The zero-order chi connectivity index (χ0) is 20.7. The molecule has 0 bridgehead atoms. The van der Waals surface area contributed by atoms with Crippen molar-refractivity contribution in [1.29, 1.82) is 0 Å². The summed E-state index contributed by atoms with van der Waals surface area (Å²) in [6, 6.07) is 6.77. The van der Waals surface area contributed by atoms with E-state index in [1.165, 1.54) is 18.7 Å². The molecule has 1 fully saturated rings. The van der Waals surface area contributed by atoms with Crippen LogP contribution in [0.2, 0.25) is 0 Å². The van der Waals surface area contributed by atoms with E-state index >= 15 is 0 Å². The Morgan fingerprint density at radius 1 is 1.21 bits per heavy atom. The van der Waals surface area contributed by atoms with Gasteiger partial charge >= 0.3 is 11.9 Å².